The van der Waals surface area contributed by atoms with E-state index < -0.39 is 33.3 Å². The quantitative estimate of drug-likeness (QED) is 0.427. The summed E-state index contributed by atoms with van der Waals surface area (Å²) >= 11 is 0. The highest BCUT2D eigenvalue weighted by molar-refractivity contribution is 6.72. The molecule has 160 valence electrons. The summed E-state index contributed by atoms with van der Waals surface area (Å²) in [5.74, 6) is 1.32. The third-order valence-corrected chi connectivity index (χ3v) is 6.21. The molecule has 0 unspecified atom stereocenters. The SMILES string of the molecule is C[Si](C)(C)OC(=O)c1c(O[Si](C)(C)C)cc(O[Si](C)(C)C)cc1O[Si](C)(C)C. The van der Waals surface area contributed by atoms with Crippen molar-refractivity contribution < 1.29 is 22.5 Å². The van der Waals surface area contributed by atoms with Gasteiger partial charge in [-0.1, -0.05) is 0 Å². The fourth-order valence-electron chi connectivity index (χ4n) is 2.33. The Labute approximate surface area is 175 Å². The van der Waals surface area contributed by atoms with Gasteiger partial charge in [-0.2, -0.15) is 0 Å². The highest BCUT2D eigenvalue weighted by Crippen LogP contribution is 2.38. The molecule has 1 aromatic carbocycles. The van der Waals surface area contributed by atoms with Crippen molar-refractivity contribution in [1.29, 1.82) is 0 Å². The molecule has 0 fully saturated rings. The molecule has 0 saturated carbocycles. The van der Waals surface area contributed by atoms with Crippen molar-refractivity contribution in [2.45, 2.75) is 78.6 Å². The van der Waals surface area contributed by atoms with Crippen LogP contribution in [-0.4, -0.2) is 39.2 Å². The van der Waals surface area contributed by atoms with Gasteiger partial charge in [-0.05, 0) is 78.6 Å². The van der Waals surface area contributed by atoms with E-state index in [1.165, 1.54) is 0 Å². The van der Waals surface area contributed by atoms with E-state index in [4.69, 9.17) is 17.7 Å². The van der Waals surface area contributed by atoms with Crippen molar-refractivity contribution >= 4 is 39.2 Å². The fraction of sp³-hybridized carbons (Fsp3) is 0.632. The number of rotatable bonds is 8. The maximum absolute atomic E-state index is 13.1. The zero-order chi connectivity index (χ0) is 22.1. The first-order valence-corrected chi connectivity index (χ1v) is 23.4. The second kappa shape index (κ2) is 8.37. The van der Waals surface area contributed by atoms with Gasteiger partial charge in [-0.3, -0.25) is 0 Å². The van der Waals surface area contributed by atoms with E-state index >= 15 is 0 Å². The average Bonchev–Trinajstić information content (AvgIpc) is 2.28. The first-order chi connectivity index (χ1) is 12.3. The summed E-state index contributed by atoms with van der Waals surface area (Å²) in [6.07, 6.45) is 0. The molecule has 5 nitrogen and oxygen atoms in total. The molecule has 9 heteroatoms. The van der Waals surface area contributed by atoms with Gasteiger partial charge >= 0.3 is 5.97 Å². The summed E-state index contributed by atoms with van der Waals surface area (Å²) in [6.45, 7) is 24.9. The minimum atomic E-state index is -2.08. The monoisotopic (exact) mass is 458 g/mol. The van der Waals surface area contributed by atoms with Crippen LogP contribution >= 0.6 is 0 Å². The largest absolute Gasteiger partial charge is 0.544 e. The average molecular weight is 459 g/mol. The van der Waals surface area contributed by atoms with Crippen LogP contribution in [0.25, 0.3) is 0 Å². The van der Waals surface area contributed by atoms with Gasteiger partial charge in [-0.15, -0.1) is 0 Å². The van der Waals surface area contributed by atoms with Crippen LogP contribution < -0.4 is 13.3 Å². The molecule has 0 heterocycles. The lowest BCUT2D eigenvalue weighted by Gasteiger charge is -2.29. The Morgan fingerprint density at radius 1 is 0.607 bits per heavy atom. The summed E-state index contributed by atoms with van der Waals surface area (Å²) in [4.78, 5) is 13.1. The first kappa shape index (κ1) is 25.0. The molecule has 0 atom stereocenters. The first-order valence-electron chi connectivity index (χ1n) is 9.74. The molecule has 0 N–H and O–H groups in total. The standard InChI is InChI=1S/C19H38O5Si4/c1-25(2,3)21-15-13-16(22-26(4,5)6)18(19(20)24-28(10,11)12)17(14-15)23-27(7,8)9/h13-14H,1-12H3. The van der Waals surface area contributed by atoms with Gasteiger partial charge in [0.15, 0.2) is 0 Å². The van der Waals surface area contributed by atoms with Gasteiger partial charge in [0.1, 0.15) is 22.8 Å². The highest BCUT2D eigenvalue weighted by Gasteiger charge is 2.32. The maximum Gasteiger partial charge on any atom is 0.332 e. The topological polar surface area (TPSA) is 54.0 Å². The molecule has 1 aromatic rings. The van der Waals surface area contributed by atoms with E-state index in [9.17, 15) is 4.79 Å². The third kappa shape index (κ3) is 9.44. The van der Waals surface area contributed by atoms with Gasteiger partial charge in [0.2, 0.25) is 33.3 Å². The minimum absolute atomic E-state index is 0.375. The molecule has 0 aliphatic heterocycles. The van der Waals surface area contributed by atoms with Crippen LogP contribution in [0.15, 0.2) is 12.1 Å². The lowest BCUT2D eigenvalue weighted by atomic mass is 10.1. The van der Waals surface area contributed by atoms with Crippen LogP contribution in [0, 0.1) is 0 Å². The number of hydrogen-bond acceptors (Lipinski definition) is 5. The van der Waals surface area contributed by atoms with Crippen LogP contribution in [0.2, 0.25) is 78.6 Å². The lowest BCUT2D eigenvalue weighted by molar-refractivity contribution is 0.0720. The molecule has 0 radical (unpaired) electrons. The van der Waals surface area contributed by atoms with E-state index in [0.29, 0.717) is 22.8 Å². The molecule has 0 saturated heterocycles. The van der Waals surface area contributed by atoms with E-state index in [0.717, 1.165) is 0 Å². The van der Waals surface area contributed by atoms with Crippen molar-refractivity contribution in [3.63, 3.8) is 0 Å². The Morgan fingerprint density at radius 2 is 0.964 bits per heavy atom. The van der Waals surface area contributed by atoms with Crippen LogP contribution in [0.1, 0.15) is 10.4 Å². The normalized spacial score (nSPS) is 13.1. The van der Waals surface area contributed by atoms with E-state index in [-0.39, 0.29) is 5.97 Å². The summed E-state index contributed by atoms with van der Waals surface area (Å²) < 4.78 is 24.6. The van der Waals surface area contributed by atoms with Gasteiger partial charge < -0.3 is 17.7 Å². The molecule has 0 aliphatic carbocycles. The molecule has 0 aliphatic rings. The van der Waals surface area contributed by atoms with Crippen LogP contribution in [0.4, 0.5) is 0 Å². The number of hydrogen-bond donors (Lipinski definition) is 0. The summed E-state index contributed by atoms with van der Waals surface area (Å²) in [6, 6.07) is 3.66. The minimum Gasteiger partial charge on any atom is -0.544 e. The van der Waals surface area contributed by atoms with Gasteiger partial charge in [-0.25, -0.2) is 4.79 Å². The zero-order valence-corrected chi connectivity index (χ0v) is 23.7. The number of carbonyl (C=O) groups is 1. The Hall–Kier alpha value is -1.04. The Balaban J connectivity index is 3.66. The van der Waals surface area contributed by atoms with Crippen molar-refractivity contribution in [1.82, 2.24) is 0 Å². The smallest absolute Gasteiger partial charge is 0.332 e. The Bertz CT molecular complexity index is 670. The third-order valence-electron chi connectivity index (χ3n) is 2.90. The Kier molecular flexibility index (Phi) is 7.47. The van der Waals surface area contributed by atoms with E-state index in [1.54, 1.807) is 0 Å². The van der Waals surface area contributed by atoms with Gasteiger partial charge in [0.25, 0.3) is 0 Å². The summed E-state index contributed by atoms with van der Waals surface area (Å²) in [5.41, 5.74) is 0.384. The second-order valence-electron chi connectivity index (χ2n) is 10.9. The number of carbonyl (C=O) groups excluding carboxylic acids is 1. The zero-order valence-electron chi connectivity index (χ0n) is 19.7. The molecule has 0 spiro atoms. The summed E-state index contributed by atoms with van der Waals surface area (Å²) in [7, 11) is -7.89. The Morgan fingerprint density at radius 3 is 1.25 bits per heavy atom. The van der Waals surface area contributed by atoms with Crippen molar-refractivity contribution in [3.05, 3.63) is 17.7 Å². The maximum atomic E-state index is 13.1. The molecular weight excluding hydrogens is 421 g/mol. The van der Waals surface area contributed by atoms with E-state index in [2.05, 4.69) is 58.9 Å². The molecule has 0 aromatic heterocycles. The summed E-state index contributed by atoms with van der Waals surface area (Å²) in [5, 5.41) is 0. The second-order valence-corrected chi connectivity index (χ2v) is 28.7. The molecule has 1 rings (SSSR count). The number of benzene rings is 1. The lowest BCUT2D eigenvalue weighted by Crippen LogP contribution is -2.35. The van der Waals surface area contributed by atoms with Crippen molar-refractivity contribution in [2.24, 2.45) is 0 Å². The molecular formula is C19H38O5Si4. The fourth-order valence-corrected chi connectivity index (χ4v) is 5.45. The van der Waals surface area contributed by atoms with Crippen molar-refractivity contribution in [3.8, 4) is 17.2 Å². The van der Waals surface area contributed by atoms with E-state index in [1.807, 2.05) is 31.8 Å². The predicted octanol–water partition coefficient (Wildman–Crippen LogP) is 6.32. The van der Waals surface area contributed by atoms with Gasteiger partial charge in [0.05, 0.1) is 0 Å². The van der Waals surface area contributed by atoms with Crippen LogP contribution in [0.3, 0.4) is 0 Å². The molecule has 0 bridgehead atoms. The van der Waals surface area contributed by atoms with Crippen LogP contribution in [-0.2, 0) is 4.43 Å². The van der Waals surface area contributed by atoms with Crippen molar-refractivity contribution in [2.75, 3.05) is 0 Å². The molecule has 28 heavy (non-hydrogen) atoms. The molecule has 0 amide bonds. The van der Waals surface area contributed by atoms with Crippen LogP contribution in [0.5, 0.6) is 17.2 Å². The highest BCUT2D eigenvalue weighted by atomic mass is 28.4. The van der Waals surface area contributed by atoms with Gasteiger partial charge in [0, 0.05) is 12.1 Å². The predicted molar refractivity (Wildman–Crippen MR) is 127 cm³/mol.